The number of rotatable bonds is 8. The minimum absolute atomic E-state index is 0.265. The number of halogens is 1. The summed E-state index contributed by atoms with van der Waals surface area (Å²) in [5, 5.41) is 0. The molecule has 7 nitrogen and oxygen atoms in total. The molecule has 1 aliphatic heterocycles. The Kier molecular flexibility index (Phi) is 6.92. The number of aromatic nitrogens is 2. The average molecular weight is 539 g/mol. The van der Waals surface area contributed by atoms with Crippen LogP contribution in [0.15, 0.2) is 84.9 Å². The minimum atomic E-state index is -0.554. The van der Waals surface area contributed by atoms with Crippen LogP contribution < -0.4 is 9.47 Å². The van der Waals surface area contributed by atoms with Crippen LogP contribution in [-0.2, 0) is 22.4 Å². The van der Waals surface area contributed by atoms with Crippen LogP contribution >= 0.6 is 0 Å². The third-order valence-electron chi connectivity index (χ3n) is 6.99. The van der Waals surface area contributed by atoms with E-state index < -0.39 is 12.3 Å². The number of esters is 1. The van der Waals surface area contributed by atoms with Crippen molar-refractivity contribution in [1.82, 2.24) is 9.55 Å². The van der Waals surface area contributed by atoms with Gasteiger partial charge in [-0.25, -0.2) is 14.2 Å². The van der Waals surface area contributed by atoms with E-state index >= 15 is 4.39 Å². The summed E-state index contributed by atoms with van der Waals surface area (Å²) in [7, 11) is 2.96. The first-order valence-corrected chi connectivity index (χ1v) is 12.9. The average Bonchev–Trinajstić information content (AvgIpc) is 3.58. The lowest BCUT2D eigenvalue weighted by Crippen LogP contribution is -2.10. The molecule has 0 aliphatic carbocycles. The monoisotopic (exact) mass is 538 g/mol. The number of carbonyl (C=O) groups is 1. The Balaban J connectivity index is 1.30. The molecule has 5 aromatic rings. The first-order chi connectivity index (χ1) is 19.6. The quantitative estimate of drug-likeness (QED) is 0.215. The van der Waals surface area contributed by atoms with Crippen LogP contribution in [0.25, 0.3) is 22.2 Å². The normalized spacial score (nSPS) is 14.0. The second-order valence-corrected chi connectivity index (χ2v) is 9.46. The molecular weight excluding hydrogens is 511 g/mol. The first kappa shape index (κ1) is 25.6. The molecule has 8 heteroatoms. The van der Waals surface area contributed by atoms with Crippen molar-refractivity contribution in [3.8, 4) is 22.6 Å². The molecule has 40 heavy (non-hydrogen) atoms. The van der Waals surface area contributed by atoms with Gasteiger partial charge < -0.3 is 23.5 Å². The molecule has 4 aromatic carbocycles. The van der Waals surface area contributed by atoms with Crippen molar-refractivity contribution < 1.29 is 28.1 Å². The predicted molar refractivity (Wildman–Crippen MR) is 148 cm³/mol. The Morgan fingerprint density at radius 1 is 0.975 bits per heavy atom. The number of hydrogen-bond donors (Lipinski definition) is 0. The van der Waals surface area contributed by atoms with Gasteiger partial charge in [0.15, 0.2) is 11.5 Å². The molecular formula is C32H27FN2O5. The number of nitrogens with zero attached hydrogens (tertiary/aromatic N) is 2. The third kappa shape index (κ3) is 4.78. The fraction of sp³-hybridized carbons (Fsp3) is 0.188. The molecule has 0 fully saturated rings. The van der Waals surface area contributed by atoms with Gasteiger partial charge in [-0.1, -0.05) is 54.6 Å². The summed E-state index contributed by atoms with van der Waals surface area (Å²) in [6.07, 6.45) is -0.290. The number of fused-ring (bicyclic) bond motifs is 2. The maximum atomic E-state index is 15.6. The van der Waals surface area contributed by atoms with Crippen molar-refractivity contribution in [1.29, 1.82) is 0 Å². The smallest absolute Gasteiger partial charge is 0.337 e. The zero-order valence-electron chi connectivity index (χ0n) is 22.1. The second-order valence-electron chi connectivity index (χ2n) is 9.46. The highest BCUT2D eigenvalue weighted by Crippen LogP contribution is 2.46. The molecule has 0 N–H and O–H groups in total. The van der Waals surface area contributed by atoms with Gasteiger partial charge in [-0.3, -0.25) is 0 Å². The predicted octanol–water partition coefficient (Wildman–Crippen LogP) is 6.34. The van der Waals surface area contributed by atoms with E-state index in [2.05, 4.69) is 0 Å². The van der Waals surface area contributed by atoms with Gasteiger partial charge in [0.05, 0.1) is 30.3 Å². The van der Waals surface area contributed by atoms with E-state index in [1.807, 2.05) is 59.2 Å². The molecule has 0 spiro atoms. The lowest BCUT2D eigenvalue weighted by molar-refractivity contribution is 0.0490. The van der Waals surface area contributed by atoms with Crippen LogP contribution in [-0.4, -0.2) is 36.3 Å². The van der Waals surface area contributed by atoms with Crippen molar-refractivity contribution >= 4 is 17.0 Å². The molecule has 1 aliphatic rings. The summed E-state index contributed by atoms with van der Waals surface area (Å²) >= 11 is 0. The summed E-state index contributed by atoms with van der Waals surface area (Å²) in [6.45, 7) is 0.941. The van der Waals surface area contributed by atoms with Crippen LogP contribution in [0.5, 0.6) is 11.5 Å². The summed E-state index contributed by atoms with van der Waals surface area (Å²) in [5.74, 6) is 1.10. The van der Waals surface area contributed by atoms with Gasteiger partial charge in [0.1, 0.15) is 11.6 Å². The van der Waals surface area contributed by atoms with E-state index in [4.69, 9.17) is 23.9 Å². The fourth-order valence-electron chi connectivity index (χ4n) is 4.96. The molecule has 0 saturated carbocycles. The molecule has 202 valence electrons. The molecule has 6 rings (SSSR count). The lowest BCUT2D eigenvalue weighted by Gasteiger charge is -2.12. The molecule has 1 atom stereocenters. The number of imidazole rings is 1. The van der Waals surface area contributed by atoms with Crippen molar-refractivity contribution in [3.05, 3.63) is 113 Å². The van der Waals surface area contributed by atoms with Gasteiger partial charge in [-0.05, 0) is 41.5 Å². The van der Waals surface area contributed by atoms with E-state index in [0.717, 1.165) is 16.6 Å². The highest BCUT2D eigenvalue weighted by molar-refractivity contribution is 5.93. The fourth-order valence-corrected chi connectivity index (χ4v) is 4.96. The van der Waals surface area contributed by atoms with Gasteiger partial charge in [-0.2, -0.15) is 0 Å². The van der Waals surface area contributed by atoms with Crippen LogP contribution in [0.4, 0.5) is 4.39 Å². The Morgan fingerprint density at radius 3 is 2.60 bits per heavy atom. The molecule has 0 saturated heterocycles. The van der Waals surface area contributed by atoms with Gasteiger partial charge in [0.2, 0.25) is 0 Å². The summed E-state index contributed by atoms with van der Waals surface area (Å²) in [5.41, 5.74) is 4.73. The maximum absolute atomic E-state index is 15.6. The van der Waals surface area contributed by atoms with Crippen molar-refractivity contribution in [2.75, 3.05) is 20.8 Å². The maximum Gasteiger partial charge on any atom is 0.337 e. The molecule has 0 amide bonds. The highest BCUT2D eigenvalue weighted by Gasteiger charge is 2.28. The minimum Gasteiger partial charge on any atom is -0.465 e. The lowest BCUT2D eigenvalue weighted by atomic mass is 10.0. The largest absolute Gasteiger partial charge is 0.465 e. The zero-order valence-corrected chi connectivity index (χ0v) is 22.1. The van der Waals surface area contributed by atoms with E-state index in [1.54, 1.807) is 31.4 Å². The van der Waals surface area contributed by atoms with Crippen molar-refractivity contribution in [2.24, 2.45) is 0 Å². The summed E-state index contributed by atoms with van der Waals surface area (Å²) in [6, 6.07) is 25.7. The molecule has 0 radical (unpaired) electrons. The van der Waals surface area contributed by atoms with Crippen LogP contribution in [0, 0.1) is 5.82 Å². The van der Waals surface area contributed by atoms with E-state index in [-0.39, 0.29) is 12.2 Å². The molecule has 1 aromatic heterocycles. The Labute approximate surface area is 230 Å². The molecule has 1 unspecified atom stereocenters. The molecule has 0 bridgehead atoms. The second kappa shape index (κ2) is 10.8. The number of hydrogen-bond acceptors (Lipinski definition) is 6. The van der Waals surface area contributed by atoms with Crippen LogP contribution in [0.3, 0.4) is 0 Å². The van der Waals surface area contributed by atoms with E-state index in [0.29, 0.717) is 52.7 Å². The first-order valence-electron chi connectivity index (χ1n) is 12.9. The van der Waals surface area contributed by atoms with Crippen LogP contribution in [0.1, 0.15) is 33.6 Å². The van der Waals surface area contributed by atoms with Gasteiger partial charge >= 0.3 is 5.97 Å². The van der Waals surface area contributed by atoms with Crippen molar-refractivity contribution in [2.45, 2.75) is 19.3 Å². The standard InChI is InChI=1S/C32H27FN2O5/c1-37-16-15-35-27-18-23(31(36)38-2)13-14-26(27)34-29(35)19-22-12-11-21(17-25(22)33)24-9-6-10-28-30(24)40-32(39-28)20-7-4-3-5-8-20/h3-14,17-18,32H,15-16,19H2,1-2H3. The highest BCUT2D eigenvalue weighted by atomic mass is 19.1. The zero-order chi connectivity index (χ0) is 27.6. The van der Waals surface area contributed by atoms with Gasteiger partial charge in [0, 0.05) is 31.2 Å². The van der Waals surface area contributed by atoms with Crippen LogP contribution in [0.2, 0.25) is 0 Å². The number of ether oxygens (including phenoxy) is 4. The summed E-state index contributed by atoms with van der Waals surface area (Å²) < 4.78 is 39.9. The SMILES string of the molecule is COCCn1c(Cc2ccc(-c3cccc4c3OC(c3ccccc3)O4)cc2F)nc2ccc(C(=O)OC)cc21. The number of methoxy groups -OCH3 is 2. The number of carbonyl (C=O) groups excluding carboxylic acids is 1. The van der Waals surface area contributed by atoms with Gasteiger partial charge in [0.25, 0.3) is 6.29 Å². The molecule has 2 heterocycles. The number of benzene rings is 4. The Hall–Kier alpha value is -4.69. The third-order valence-corrected chi connectivity index (χ3v) is 6.99. The number of para-hydroxylation sites is 1. The van der Waals surface area contributed by atoms with E-state index in [9.17, 15) is 4.79 Å². The topological polar surface area (TPSA) is 71.8 Å². The Bertz CT molecular complexity index is 1700. The Morgan fingerprint density at radius 2 is 1.82 bits per heavy atom. The van der Waals surface area contributed by atoms with Crippen molar-refractivity contribution in [3.63, 3.8) is 0 Å². The summed E-state index contributed by atoms with van der Waals surface area (Å²) in [4.78, 5) is 16.8. The van der Waals surface area contributed by atoms with Gasteiger partial charge in [-0.15, -0.1) is 0 Å². The van der Waals surface area contributed by atoms with E-state index in [1.165, 1.54) is 13.2 Å².